The van der Waals surface area contributed by atoms with Gasteiger partial charge in [-0.05, 0) is 38.4 Å². The zero-order valence-corrected chi connectivity index (χ0v) is 12.0. The van der Waals surface area contributed by atoms with E-state index in [1.807, 2.05) is 43.1 Å². The summed E-state index contributed by atoms with van der Waals surface area (Å²) in [4.78, 5) is 13.7. The maximum Gasteiger partial charge on any atom is 0.234 e. The van der Waals surface area contributed by atoms with E-state index in [1.54, 1.807) is 6.92 Å². The highest BCUT2D eigenvalue weighted by Crippen LogP contribution is 2.05. The summed E-state index contributed by atoms with van der Waals surface area (Å²) < 4.78 is 0. The lowest BCUT2D eigenvalue weighted by molar-refractivity contribution is -0.122. The minimum atomic E-state index is -0.322. The number of carbonyl (C=O) groups is 1. The van der Waals surface area contributed by atoms with Gasteiger partial charge in [0.2, 0.25) is 5.91 Å². The lowest BCUT2D eigenvalue weighted by atomic mass is 10.1. The standard InChI is InChI=1S/C15H24N2O2/c1-12-6-4-5-7-14(12)10-16-15(19)11-17(3)9-8-13(2)18/h4-7,13,18H,8-11H2,1-3H3,(H,16,19). The predicted molar refractivity (Wildman–Crippen MR) is 76.8 cm³/mol. The molecule has 0 fully saturated rings. The van der Waals surface area contributed by atoms with Crippen LogP contribution in [0.2, 0.25) is 0 Å². The maximum absolute atomic E-state index is 11.8. The third-order valence-corrected chi connectivity index (χ3v) is 3.08. The van der Waals surface area contributed by atoms with Crippen molar-refractivity contribution in [1.29, 1.82) is 0 Å². The van der Waals surface area contributed by atoms with Crippen molar-refractivity contribution in [2.45, 2.75) is 32.9 Å². The molecular formula is C15H24N2O2. The van der Waals surface area contributed by atoms with Gasteiger partial charge in [0.15, 0.2) is 0 Å². The second kappa shape index (κ2) is 7.92. The molecule has 4 heteroatoms. The highest BCUT2D eigenvalue weighted by atomic mass is 16.3. The fourth-order valence-corrected chi connectivity index (χ4v) is 1.79. The number of benzene rings is 1. The fourth-order valence-electron chi connectivity index (χ4n) is 1.79. The first kappa shape index (κ1) is 15.7. The number of hydrogen-bond donors (Lipinski definition) is 2. The molecule has 1 aromatic rings. The number of nitrogens with one attached hydrogen (secondary N) is 1. The molecule has 0 heterocycles. The predicted octanol–water partition coefficient (Wildman–Crippen LogP) is 1.31. The Morgan fingerprint density at radius 1 is 1.42 bits per heavy atom. The van der Waals surface area contributed by atoms with Crippen molar-refractivity contribution >= 4 is 5.91 Å². The number of aliphatic hydroxyl groups is 1. The summed E-state index contributed by atoms with van der Waals surface area (Å²) in [5, 5.41) is 12.1. The molecule has 0 spiro atoms. The Balaban J connectivity index is 2.30. The van der Waals surface area contributed by atoms with E-state index < -0.39 is 0 Å². The van der Waals surface area contributed by atoms with E-state index in [9.17, 15) is 9.90 Å². The molecule has 4 nitrogen and oxygen atoms in total. The van der Waals surface area contributed by atoms with Gasteiger partial charge in [0, 0.05) is 13.1 Å². The highest BCUT2D eigenvalue weighted by Gasteiger charge is 2.07. The van der Waals surface area contributed by atoms with Crippen LogP contribution in [0.3, 0.4) is 0 Å². The molecule has 19 heavy (non-hydrogen) atoms. The average molecular weight is 264 g/mol. The lowest BCUT2D eigenvalue weighted by Crippen LogP contribution is -2.36. The normalized spacial score (nSPS) is 12.5. The van der Waals surface area contributed by atoms with Crippen molar-refractivity contribution in [1.82, 2.24) is 10.2 Å². The first-order chi connectivity index (χ1) is 8.99. The summed E-state index contributed by atoms with van der Waals surface area (Å²) in [6.45, 7) is 5.44. The second-order valence-corrected chi connectivity index (χ2v) is 5.08. The van der Waals surface area contributed by atoms with E-state index >= 15 is 0 Å². The third kappa shape index (κ3) is 6.36. The number of likely N-dealkylation sites (N-methyl/N-ethyl adjacent to an activating group) is 1. The first-order valence-electron chi connectivity index (χ1n) is 6.67. The topological polar surface area (TPSA) is 52.6 Å². The van der Waals surface area contributed by atoms with Gasteiger partial charge in [-0.2, -0.15) is 0 Å². The number of nitrogens with zero attached hydrogens (tertiary/aromatic N) is 1. The number of amides is 1. The molecule has 1 aromatic carbocycles. The van der Waals surface area contributed by atoms with E-state index in [0.29, 0.717) is 19.5 Å². The molecule has 106 valence electrons. The van der Waals surface area contributed by atoms with Crippen molar-refractivity contribution < 1.29 is 9.90 Å². The molecule has 2 N–H and O–H groups in total. The minimum absolute atomic E-state index is 0.0105. The summed E-state index contributed by atoms with van der Waals surface area (Å²) >= 11 is 0. The SMILES string of the molecule is Cc1ccccc1CNC(=O)CN(C)CCC(C)O. The summed E-state index contributed by atoms with van der Waals surface area (Å²) in [5.74, 6) is 0.0105. The zero-order valence-electron chi connectivity index (χ0n) is 12.0. The summed E-state index contributed by atoms with van der Waals surface area (Å²) in [5.41, 5.74) is 2.33. The molecule has 1 amide bonds. The third-order valence-electron chi connectivity index (χ3n) is 3.08. The number of rotatable bonds is 7. The van der Waals surface area contributed by atoms with Crippen LogP contribution in [0.1, 0.15) is 24.5 Å². The monoisotopic (exact) mass is 264 g/mol. The molecule has 0 saturated heterocycles. The van der Waals surface area contributed by atoms with E-state index in [1.165, 1.54) is 5.56 Å². The van der Waals surface area contributed by atoms with Crippen LogP contribution in [0.5, 0.6) is 0 Å². The van der Waals surface area contributed by atoms with Crippen molar-refractivity contribution in [3.8, 4) is 0 Å². The molecule has 0 bridgehead atoms. The van der Waals surface area contributed by atoms with Gasteiger partial charge < -0.3 is 10.4 Å². The molecule has 0 aliphatic carbocycles. The van der Waals surface area contributed by atoms with Crippen molar-refractivity contribution in [2.24, 2.45) is 0 Å². The molecule has 0 aliphatic heterocycles. The van der Waals surface area contributed by atoms with Gasteiger partial charge in [-0.3, -0.25) is 9.69 Å². The lowest BCUT2D eigenvalue weighted by Gasteiger charge is -2.17. The maximum atomic E-state index is 11.8. The van der Waals surface area contributed by atoms with Crippen LogP contribution < -0.4 is 5.32 Å². The van der Waals surface area contributed by atoms with E-state index in [2.05, 4.69) is 5.32 Å². The molecule has 0 aromatic heterocycles. The van der Waals surface area contributed by atoms with Crippen molar-refractivity contribution in [3.63, 3.8) is 0 Å². The molecular weight excluding hydrogens is 240 g/mol. The van der Waals surface area contributed by atoms with Gasteiger partial charge in [-0.15, -0.1) is 0 Å². The van der Waals surface area contributed by atoms with Crippen LogP contribution in [0, 0.1) is 6.92 Å². The van der Waals surface area contributed by atoms with Gasteiger partial charge in [0.1, 0.15) is 0 Å². The molecule has 0 radical (unpaired) electrons. The molecule has 0 saturated carbocycles. The number of carbonyl (C=O) groups excluding carboxylic acids is 1. The molecule has 1 rings (SSSR count). The Morgan fingerprint density at radius 3 is 2.74 bits per heavy atom. The van der Waals surface area contributed by atoms with E-state index in [0.717, 1.165) is 12.1 Å². The Bertz CT molecular complexity index is 405. The molecule has 0 aliphatic rings. The first-order valence-corrected chi connectivity index (χ1v) is 6.67. The summed E-state index contributed by atoms with van der Waals surface area (Å²) in [6, 6.07) is 8.02. The van der Waals surface area contributed by atoms with Crippen LogP contribution >= 0.6 is 0 Å². The van der Waals surface area contributed by atoms with E-state index in [-0.39, 0.29) is 12.0 Å². The Labute approximate surface area is 115 Å². The summed E-state index contributed by atoms with van der Waals surface area (Å²) in [6.07, 6.45) is 0.360. The fraction of sp³-hybridized carbons (Fsp3) is 0.533. The quantitative estimate of drug-likeness (QED) is 0.781. The Morgan fingerprint density at radius 2 is 2.11 bits per heavy atom. The highest BCUT2D eigenvalue weighted by molar-refractivity contribution is 5.78. The van der Waals surface area contributed by atoms with Gasteiger partial charge in [-0.25, -0.2) is 0 Å². The van der Waals surface area contributed by atoms with Crippen LogP contribution in [0.25, 0.3) is 0 Å². The second-order valence-electron chi connectivity index (χ2n) is 5.08. The van der Waals surface area contributed by atoms with Crippen LogP contribution in [-0.2, 0) is 11.3 Å². The smallest absolute Gasteiger partial charge is 0.234 e. The summed E-state index contributed by atoms with van der Waals surface area (Å²) in [7, 11) is 1.88. The molecule has 1 atom stereocenters. The number of aliphatic hydroxyl groups excluding tert-OH is 1. The van der Waals surface area contributed by atoms with Crippen LogP contribution in [-0.4, -0.2) is 42.2 Å². The number of aryl methyl sites for hydroxylation is 1. The average Bonchev–Trinajstić information content (AvgIpc) is 2.35. The van der Waals surface area contributed by atoms with Gasteiger partial charge in [0.25, 0.3) is 0 Å². The largest absolute Gasteiger partial charge is 0.393 e. The van der Waals surface area contributed by atoms with Crippen LogP contribution in [0.4, 0.5) is 0 Å². The zero-order chi connectivity index (χ0) is 14.3. The number of hydrogen-bond acceptors (Lipinski definition) is 3. The van der Waals surface area contributed by atoms with E-state index in [4.69, 9.17) is 0 Å². The molecule has 1 unspecified atom stereocenters. The van der Waals surface area contributed by atoms with Crippen LogP contribution in [0.15, 0.2) is 24.3 Å². The van der Waals surface area contributed by atoms with Gasteiger partial charge in [0.05, 0.1) is 12.6 Å². The van der Waals surface area contributed by atoms with Gasteiger partial charge >= 0.3 is 0 Å². The van der Waals surface area contributed by atoms with Crippen molar-refractivity contribution in [3.05, 3.63) is 35.4 Å². The Kier molecular flexibility index (Phi) is 6.53. The Hall–Kier alpha value is -1.39. The van der Waals surface area contributed by atoms with Gasteiger partial charge in [-0.1, -0.05) is 24.3 Å². The minimum Gasteiger partial charge on any atom is -0.393 e. The van der Waals surface area contributed by atoms with Crippen molar-refractivity contribution in [2.75, 3.05) is 20.1 Å².